The maximum Gasteiger partial charge on any atom is 0.243 e. The van der Waals surface area contributed by atoms with Gasteiger partial charge in [0.25, 0.3) is 0 Å². The van der Waals surface area contributed by atoms with Crippen molar-refractivity contribution < 1.29 is 13.2 Å². The van der Waals surface area contributed by atoms with Crippen molar-refractivity contribution in [3.8, 4) is 0 Å². The zero-order chi connectivity index (χ0) is 15.3. The van der Waals surface area contributed by atoms with Crippen LogP contribution in [0.1, 0.15) is 19.4 Å². The number of anilines is 1. The molecule has 0 aliphatic carbocycles. The van der Waals surface area contributed by atoms with E-state index in [9.17, 15) is 13.2 Å². The van der Waals surface area contributed by atoms with Gasteiger partial charge in [-0.1, -0.05) is 13.0 Å². The number of hydrogen-bond acceptors (Lipinski definition) is 4. The van der Waals surface area contributed by atoms with E-state index in [2.05, 4.69) is 5.32 Å². The Balaban J connectivity index is 2.98. The van der Waals surface area contributed by atoms with E-state index in [1.165, 1.54) is 19.2 Å². The molecule has 1 aromatic rings. The molecule has 1 amide bonds. The molecule has 112 valence electrons. The molecule has 7 heteroatoms. The number of nitrogens with one attached hydrogen (secondary N) is 1. The topological polar surface area (TPSA) is 92.5 Å². The average Bonchev–Trinajstić information content (AvgIpc) is 2.38. The Kier molecular flexibility index (Phi) is 5.52. The summed E-state index contributed by atoms with van der Waals surface area (Å²) in [5.74, 6) is -0.336. The summed E-state index contributed by atoms with van der Waals surface area (Å²) in [4.78, 5) is 11.6. The third-order valence-corrected chi connectivity index (χ3v) is 4.75. The van der Waals surface area contributed by atoms with Crippen LogP contribution in [0.2, 0.25) is 0 Å². The first-order valence-corrected chi connectivity index (χ1v) is 7.88. The van der Waals surface area contributed by atoms with Gasteiger partial charge in [-0.25, -0.2) is 8.42 Å². The maximum absolute atomic E-state index is 12.3. The SMILES string of the molecule is CCNC(=O)CN(C)S(=O)(=O)c1ccc(CC)c(N)c1. The standard InChI is InChI=1S/C13H21N3O3S/c1-4-10-6-7-11(8-12(10)14)20(18,19)16(3)9-13(17)15-5-2/h6-8H,4-5,9,14H2,1-3H3,(H,15,17). The molecular formula is C13H21N3O3S. The van der Waals surface area contributed by atoms with Crippen LogP contribution in [0.5, 0.6) is 0 Å². The minimum Gasteiger partial charge on any atom is -0.398 e. The molecule has 0 bridgehead atoms. The summed E-state index contributed by atoms with van der Waals surface area (Å²) in [5.41, 5.74) is 7.16. The molecule has 0 saturated carbocycles. The number of aryl methyl sites for hydroxylation is 1. The third-order valence-electron chi connectivity index (χ3n) is 2.95. The van der Waals surface area contributed by atoms with E-state index in [1.807, 2.05) is 6.92 Å². The summed E-state index contributed by atoms with van der Waals surface area (Å²) >= 11 is 0. The normalized spacial score (nSPS) is 11.6. The van der Waals surface area contributed by atoms with Gasteiger partial charge >= 0.3 is 0 Å². The summed E-state index contributed by atoms with van der Waals surface area (Å²) in [6, 6.07) is 4.64. The van der Waals surface area contributed by atoms with Crippen molar-refractivity contribution in [1.82, 2.24) is 9.62 Å². The number of rotatable bonds is 6. The Hall–Kier alpha value is -1.60. The lowest BCUT2D eigenvalue weighted by Crippen LogP contribution is -2.38. The average molecular weight is 299 g/mol. The van der Waals surface area contributed by atoms with Crippen LogP contribution >= 0.6 is 0 Å². The Labute approximate surface area is 120 Å². The van der Waals surface area contributed by atoms with Crippen LogP contribution in [0, 0.1) is 0 Å². The second-order valence-corrected chi connectivity index (χ2v) is 6.47. The monoisotopic (exact) mass is 299 g/mol. The molecule has 1 aromatic carbocycles. The number of amides is 1. The van der Waals surface area contributed by atoms with Crippen LogP contribution in [0.3, 0.4) is 0 Å². The predicted octanol–water partition coefficient (Wildman–Crippen LogP) is 0.588. The number of benzene rings is 1. The van der Waals surface area contributed by atoms with Crippen molar-refractivity contribution in [2.45, 2.75) is 25.2 Å². The second-order valence-electron chi connectivity index (χ2n) is 4.43. The molecule has 0 unspecified atom stereocenters. The minimum atomic E-state index is -3.71. The van der Waals surface area contributed by atoms with Gasteiger partial charge in [0, 0.05) is 19.3 Å². The molecule has 1 rings (SSSR count). The van der Waals surface area contributed by atoms with Crippen molar-refractivity contribution in [2.75, 3.05) is 25.9 Å². The highest BCUT2D eigenvalue weighted by Crippen LogP contribution is 2.20. The van der Waals surface area contributed by atoms with Crippen LogP contribution in [0.15, 0.2) is 23.1 Å². The van der Waals surface area contributed by atoms with E-state index >= 15 is 0 Å². The van der Waals surface area contributed by atoms with Gasteiger partial charge < -0.3 is 11.1 Å². The lowest BCUT2D eigenvalue weighted by molar-refractivity contribution is -0.121. The second kappa shape index (κ2) is 6.71. The largest absolute Gasteiger partial charge is 0.398 e. The molecular weight excluding hydrogens is 278 g/mol. The number of nitrogens with zero attached hydrogens (tertiary/aromatic N) is 1. The Morgan fingerprint density at radius 3 is 2.50 bits per heavy atom. The van der Waals surface area contributed by atoms with Gasteiger partial charge in [-0.2, -0.15) is 4.31 Å². The fraction of sp³-hybridized carbons (Fsp3) is 0.462. The van der Waals surface area contributed by atoms with E-state index in [-0.39, 0.29) is 17.3 Å². The van der Waals surface area contributed by atoms with E-state index in [1.54, 1.807) is 13.0 Å². The fourth-order valence-corrected chi connectivity index (χ4v) is 2.94. The molecule has 0 spiro atoms. The lowest BCUT2D eigenvalue weighted by atomic mass is 10.1. The van der Waals surface area contributed by atoms with Crippen LogP contribution in [-0.2, 0) is 21.2 Å². The van der Waals surface area contributed by atoms with Crippen LogP contribution in [0.4, 0.5) is 5.69 Å². The lowest BCUT2D eigenvalue weighted by Gasteiger charge is -2.17. The molecule has 20 heavy (non-hydrogen) atoms. The van der Waals surface area contributed by atoms with Gasteiger partial charge in [0.05, 0.1) is 11.4 Å². The number of carbonyl (C=O) groups excluding carboxylic acids is 1. The first-order valence-electron chi connectivity index (χ1n) is 6.44. The summed E-state index contributed by atoms with van der Waals surface area (Å²) in [7, 11) is -2.34. The van der Waals surface area contributed by atoms with Crippen LogP contribution in [-0.4, -0.2) is 38.8 Å². The van der Waals surface area contributed by atoms with Crippen molar-refractivity contribution in [3.05, 3.63) is 23.8 Å². The quantitative estimate of drug-likeness (QED) is 0.752. The molecule has 0 aliphatic rings. The minimum absolute atomic E-state index is 0.0963. The first-order chi connectivity index (χ1) is 9.32. The van der Waals surface area contributed by atoms with Crippen molar-refractivity contribution >= 4 is 21.6 Å². The number of hydrogen-bond donors (Lipinski definition) is 2. The van der Waals surface area contributed by atoms with Gasteiger partial charge in [0.2, 0.25) is 15.9 Å². The first kappa shape index (κ1) is 16.5. The van der Waals surface area contributed by atoms with Crippen LogP contribution in [0.25, 0.3) is 0 Å². The molecule has 0 heterocycles. The number of nitrogens with two attached hydrogens (primary N) is 1. The number of nitrogen functional groups attached to an aromatic ring is 1. The molecule has 0 fully saturated rings. The molecule has 0 radical (unpaired) electrons. The Morgan fingerprint density at radius 1 is 1.35 bits per heavy atom. The predicted molar refractivity (Wildman–Crippen MR) is 78.7 cm³/mol. The van der Waals surface area contributed by atoms with Crippen molar-refractivity contribution in [3.63, 3.8) is 0 Å². The highest BCUT2D eigenvalue weighted by atomic mass is 32.2. The zero-order valence-electron chi connectivity index (χ0n) is 12.0. The summed E-state index contributed by atoms with van der Waals surface area (Å²) in [6.45, 7) is 3.97. The van der Waals surface area contributed by atoms with Gasteiger partial charge in [-0.05, 0) is 31.0 Å². The third kappa shape index (κ3) is 3.71. The summed E-state index contributed by atoms with van der Waals surface area (Å²) in [6.07, 6.45) is 0.737. The smallest absolute Gasteiger partial charge is 0.243 e. The maximum atomic E-state index is 12.3. The van der Waals surface area contributed by atoms with E-state index in [4.69, 9.17) is 5.73 Å². The van der Waals surface area contributed by atoms with E-state index < -0.39 is 10.0 Å². The summed E-state index contributed by atoms with van der Waals surface area (Å²) in [5, 5.41) is 2.56. The number of likely N-dealkylation sites (N-methyl/N-ethyl adjacent to an activating group) is 2. The van der Waals surface area contributed by atoms with Crippen molar-refractivity contribution in [2.24, 2.45) is 0 Å². The number of sulfonamides is 1. The van der Waals surface area contributed by atoms with Gasteiger partial charge in [-0.3, -0.25) is 4.79 Å². The van der Waals surface area contributed by atoms with Gasteiger partial charge in [0.1, 0.15) is 0 Å². The summed E-state index contributed by atoms with van der Waals surface area (Å²) < 4.78 is 25.6. The fourth-order valence-electron chi connectivity index (χ4n) is 1.78. The molecule has 0 atom stereocenters. The molecule has 6 nitrogen and oxygen atoms in total. The molecule has 0 aliphatic heterocycles. The molecule has 0 saturated heterocycles. The van der Waals surface area contributed by atoms with E-state index in [0.717, 1.165) is 16.3 Å². The number of carbonyl (C=O) groups is 1. The Bertz CT molecular complexity index is 585. The van der Waals surface area contributed by atoms with Gasteiger partial charge in [0.15, 0.2) is 0 Å². The van der Waals surface area contributed by atoms with E-state index in [0.29, 0.717) is 12.2 Å². The zero-order valence-corrected chi connectivity index (χ0v) is 12.8. The van der Waals surface area contributed by atoms with Gasteiger partial charge in [-0.15, -0.1) is 0 Å². The molecule has 3 N–H and O–H groups in total. The highest BCUT2D eigenvalue weighted by Gasteiger charge is 2.23. The van der Waals surface area contributed by atoms with Crippen molar-refractivity contribution in [1.29, 1.82) is 0 Å². The molecule has 0 aromatic heterocycles. The van der Waals surface area contributed by atoms with Crippen LogP contribution < -0.4 is 11.1 Å². The Morgan fingerprint density at radius 2 is 2.00 bits per heavy atom. The highest BCUT2D eigenvalue weighted by molar-refractivity contribution is 7.89.